The van der Waals surface area contributed by atoms with Crippen LogP contribution in [0.3, 0.4) is 0 Å². The fourth-order valence-corrected chi connectivity index (χ4v) is 3.89. The van der Waals surface area contributed by atoms with Crippen molar-refractivity contribution in [1.29, 1.82) is 0 Å². The first-order valence-corrected chi connectivity index (χ1v) is 8.84. The van der Waals surface area contributed by atoms with Gasteiger partial charge in [-0.2, -0.15) is 0 Å². The van der Waals surface area contributed by atoms with Gasteiger partial charge in [0.05, 0.1) is 12.9 Å². The third-order valence-corrected chi connectivity index (χ3v) is 5.27. The van der Waals surface area contributed by atoms with Crippen LogP contribution in [0.1, 0.15) is 11.8 Å². The Balaban J connectivity index is 1.57. The topological polar surface area (TPSA) is 117 Å². The zero-order chi connectivity index (χ0) is 18.5. The molecule has 2 aliphatic rings. The van der Waals surface area contributed by atoms with E-state index in [0.29, 0.717) is 17.0 Å². The molecule has 1 aromatic carbocycles. The maximum atomic E-state index is 10.3. The molecule has 5 rings (SSSR count). The van der Waals surface area contributed by atoms with E-state index in [4.69, 9.17) is 4.74 Å². The maximum Gasteiger partial charge on any atom is 0.167 e. The Morgan fingerprint density at radius 3 is 2.78 bits per heavy atom. The quantitative estimate of drug-likeness (QED) is 0.597. The second-order valence-corrected chi connectivity index (χ2v) is 6.78. The van der Waals surface area contributed by atoms with E-state index in [0.717, 1.165) is 18.7 Å². The molecule has 0 unspecified atom stereocenters. The number of anilines is 2. The highest BCUT2D eigenvalue weighted by Gasteiger charge is 2.44. The first kappa shape index (κ1) is 16.6. The average Bonchev–Trinajstić information content (AvgIpc) is 3.38. The number of aliphatic hydroxyl groups excluding tert-OH is 3. The van der Waals surface area contributed by atoms with Crippen LogP contribution in [-0.2, 0) is 11.2 Å². The maximum absolute atomic E-state index is 10.3. The Labute approximate surface area is 154 Å². The number of fused-ring (bicyclic) bond motifs is 2. The SMILES string of the molecule is OC[C@H]1O[C@@H](n2cnc3c(N4CCc5ccccc54)ncnc32)[C@H](O)[C@@H]1O. The van der Waals surface area contributed by atoms with Crippen LogP contribution in [0, 0.1) is 0 Å². The van der Waals surface area contributed by atoms with Gasteiger partial charge in [0.15, 0.2) is 23.2 Å². The van der Waals surface area contributed by atoms with Crippen molar-refractivity contribution in [1.82, 2.24) is 19.5 Å². The summed E-state index contributed by atoms with van der Waals surface area (Å²) in [5, 5.41) is 29.6. The molecule has 0 spiro atoms. The summed E-state index contributed by atoms with van der Waals surface area (Å²) in [5.41, 5.74) is 3.44. The summed E-state index contributed by atoms with van der Waals surface area (Å²) in [5.74, 6) is 0.690. The lowest BCUT2D eigenvalue weighted by Gasteiger charge is -2.19. The molecule has 9 nitrogen and oxygen atoms in total. The average molecular weight is 369 g/mol. The van der Waals surface area contributed by atoms with Gasteiger partial charge in [0.2, 0.25) is 0 Å². The van der Waals surface area contributed by atoms with Crippen molar-refractivity contribution in [3.8, 4) is 0 Å². The molecule has 3 aromatic rings. The summed E-state index contributed by atoms with van der Waals surface area (Å²) < 4.78 is 7.18. The van der Waals surface area contributed by atoms with E-state index >= 15 is 0 Å². The Bertz CT molecular complexity index is 993. The number of aromatic nitrogens is 4. The van der Waals surface area contributed by atoms with E-state index in [9.17, 15) is 15.3 Å². The predicted octanol–water partition coefficient (Wildman–Crippen LogP) is 0.132. The van der Waals surface area contributed by atoms with Crippen molar-refractivity contribution in [2.45, 2.75) is 31.0 Å². The summed E-state index contributed by atoms with van der Waals surface area (Å²) >= 11 is 0. The molecule has 0 bridgehead atoms. The molecule has 1 saturated heterocycles. The van der Waals surface area contributed by atoms with Gasteiger partial charge in [0.25, 0.3) is 0 Å². The number of ether oxygens (including phenoxy) is 1. The van der Waals surface area contributed by atoms with Crippen LogP contribution in [0.15, 0.2) is 36.9 Å². The van der Waals surface area contributed by atoms with Gasteiger partial charge in [-0.25, -0.2) is 15.0 Å². The van der Waals surface area contributed by atoms with Crippen molar-refractivity contribution in [3.63, 3.8) is 0 Å². The molecule has 140 valence electrons. The highest BCUT2D eigenvalue weighted by atomic mass is 16.6. The van der Waals surface area contributed by atoms with Gasteiger partial charge in [0, 0.05) is 12.2 Å². The fourth-order valence-electron chi connectivity index (χ4n) is 3.89. The lowest BCUT2D eigenvalue weighted by atomic mass is 10.1. The second-order valence-electron chi connectivity index (χ2n) is 6.78. The first-order valence-electron chi connectivity index (χ1n) is 8.84. The van der Waals surface area contributed by atoms with E-state index in [1.807, 2.05) is 12.1 Å². The van der Waals surface area contributed by atoms with Crippen LogP contribution in [0.5, 0.6) is 0 Å². The van der Waals surface area contributed by atoms with Crippen LogP contribution in [0.2, 0.25) is 0 Å². The number of benzene rings is 1. The lowest BCUT2D eigenvalue weighted by Crippen LogP contribution is -2.33. The summed E-state index contributed by atoms with van der Waals surface area (Å²) in [6.07, 6.45) is -0.194. The molecule has 4 atom stereocenters. The molecule has 0 radical (unpaired) electrons. The van der Waals surface area contributed by atoms with E-state index < -0.39 is 24.5 Å². The molecular weight excluding hydrogens is 350 g/mol. The van der Waals surface area contributed by atoms with Gasteiger partial charge in [-0.1, -0.05) is 18.2 Å². The second kappa shape index (κ2) is 6.24. The third kappa shape index (κ3) is 2.43. The number of hydrogen-bond donors (Lipinski definition) is 3. The van der Waals surface area contributed by atoms with Crippen molar-refractivity contribution in [2.24, 2.45) is 0 Å². The number of hydrogen-bond acceptors (Lipinski definition) is 8. The number of para-hydroxylation sites is 1. The zero-order valence-electron chi connectivity index (χ0n) is 14.4. The number of aliphatic hydroxyl groups is 3. The van der Waals surface area contributed by atoms with Crippen molar-refractivity contribution in [2.75, 3.05) is 18.1 Å². The molecule has 0 amide bonds. The molecule has 3 N–H and O–H groups in total. The summed E-state index contributed by atoms with van der Waals surface area (Å²) in [7, 11) is 0. The molecular formula is C18H19N5O4. The number of imidazole rings is 1. The van der Waals surface area contributed by atoms with Crippen LogP contribution in [0.4, 0.5) is 11.5 Å². The first-order chi connectivity index (χ1) is 13.2. The number of nitrogens with zero attached hydrogens (tertiary/aromatic N) is 5. The Kier molecular flexibility index (Phi) is 3.83. The van der Waals surface area contributed by atoms with Crippen molar-refractivity contribution >= 4 is 22.7 Å². The summed E-state index contributed by atoms with van der Waals surface area (Å²) in [4.78, 5) is 15.3. The molecule has 2 aromatic heterocycles. The predicted molar refractivity (Wildman–Crippen MR) is 95.5 cm³/mol. The Morgan fingerprint density at radius 2 is 1.96 bits per heavy atom. The lowest BCUT2D eigenvalue weighted by molar-refractivity contribution is -0.0511. The minimum absolute atomic E-state index is 0.383. The van der Waals surface area contributed by atoms with Crippen LogP contribution in [0.25, 0.3) is 11.2 Å². The fraction of sp³-hybridized carbons (Fsp3) is 0.389. The Hall–Kier alpha value is -2.59. The smallest absolute Gasteiger partial charge is 0.167 e. The molecule has 4 heterocycles. The highest BCUT2D eigenvalue weighted by molar-refractivity contribution is 5.87. The standard InChI is InChI=1S/C18H19N5O4/c24-7-12-14(25)15(26)18(27-12)23-9-21-13-16(19-8-20-17(13)23)22-6-5-10-3-1-2-4-11(10)22/h1-4,8-9,12,14-15,18,24-26H,5-7H2/t12-,14-,15-,18-/m1/s1. The Morgan fingerprint density at radius 1 is 1.11 bits per heavy atom. The van der Waals surface area contributed by atoms with E-state index in [1.54, 1.807) is 4.57 Å². The monoisotopic (exact) mass is 369 g/mol. The molecule has 1 fully saturated rings. The van der Waals surface area contributed by atoms with Crippen molar-refractivity contribution in [3.05, 3.63) is 42.5 Å². The minimum atomic E-state index is -1.19. The molecule has 9 heteroatoms. The zero-order valence-corrected chi connectivity index (χ0v) is 14.4. The normalized spacial score (nSPS) is 27.4. The van der Waals surface area contributed by atoms with Crippen LogP contribution >= 0.6 is 0 Å². The van der Waals surface area contributed by atoms with Gasteiger partial charge in [-0.3, -0.25) is 4.57 Å². The minimum Gasteiger partial charge on any atom is -0.394 e. The van der Waals surface area contributed by atoms with Gasteiger partial charge in [-0.15, -0.1) is 0 Å². The van der Waals surface area contributed by atoms with Gasteiger partial charge in [0.1, 0.15) is 24.6 Å². The summed E-state index contributed by atoms with van der Waals surface area (Å²) in [6, 6.07) is 8.17. The molecule has 2 aliphatic heterocycles. The third-order valence-electron chi connectivity index (χ3n) is 5.27. The largest absolute Gasteiger partial charge is 0.394 e. The van der Waals surface area contributed by atoms with Crippen molar-refractivity contribution < 1.29 is 20.1 Å². The van der Waals surface area contributed by atoms with E-state index in [1.165, 1.54) is 18.2 Å². The van der Waals surface area contributed by atoms with Crippen LogP contribution < -0.4 is 4.90 Å². The molecule has 27 heavy (non-hydrogen) atoms. The summed E-state index contributed by atoms with van der Waals surface area (Å²) in [6.45, 7) is 0.415. The van der Waals surface area contributed by atoms with E-state index in [2.05, 4.69) is 32.0 Å². The van der Waals surface area contributed by atoms with Gasteiger partial charge >= 0.3 is 0 Å². The van der Waals surface area contributed by atoms with Gasteiger partial charge < -0.3 is 25.0 Å². The van der Waals surface area contributed by atoms with Gasteiger partial charge in [-0.05, 0) is 18.1 Å². The molecule has 0 saturated carbocycles. The van der Waals surface area contributed by atoms with Crippen LogP contribution in [-0.4, -0.2) is 66.3 Å². The van der Waals surface area contributed by atoms with E-state index in [-0.39, 0.29) is 6.61 Å². The molecule has 0 aliphatic carbocycles. The highest BCUT2D eigenvalue weighted by Crippen LogP contribution is 2.37. The number of rotatable bonds is 3.